The second-order valence-corrected chi connectivity index (χ2v) is 10.0. The molecule has 0 aliphatic carbocycles. The predicted octanol–water partition coefficient (Wildman–Crippen LogP) is 6.70. The summed E-state index contributed by atoms with van der Waals surface area (Å²) in [6.45, 7) is 6.52. The molecule has 2 amide bonds. The minimum atomic E-state index is -4.69. The van der Waals surface area contributed by atoms with Gasteiger partial charge in [0.2, 0.25) is 0 Å². The van der Waals surface area contributed by atoms with Gasteiger partial charge in [0, 0.05) is 18.3 Å². The van der Waals surface area contributed by atoms with Crippen LogP contribution in [0.5, 0.6) is 11.5 Å². The van der Waals surface area contributed by atoms with Crippen molar-refractivity contribution in [2.24, 2.45) is 0 Å². The average molecular weight is 551 g/mol. The van der Waals surface area contributed by atoms with Gasteiger partial charge in [0.25, 0.3) is 0 Å². The maximum absolute atomic E-state index is 13.0. The second kappa shape index (κ2) is 12.2. The van der Waals surface area contributed by atoms with E-state index in [0.29, 0.717) is 36.1 Å². The SMILES string of the molecule is CCOc1ccc(NC(=O)N(Cc2ccc(OS(=O)(=O)c3cccc(C(F)(F)F)c3)cc2)C(C)CC)cc1. The maximum Gasteiger partial charge on any atom is 0.416 e. The van der Waals surface area contributed by atoms with E-state index >= 15 is 0 Å². The van der Waals surface area contributed by atoms with Gasteiger partial charge in [0.15, 0.2) is 0 Å². The Balaban J connectivity index is 1.70. The molecule has 0 aromatic heterocycles. The largest absolute Gasteiger partial charge is 0.494 e. The van der Waals surface area contributed by atoms with E-state index in [2.05, 4.69) is 5.32 Å². The van der Waals surface area contributed by atoms with Gasteiger partial charge >= 0.3 is 22.3 Å². The number of hydrogen-bond acceptors (Lipinski definition) is 5. The topological polar surface area (TPSA) is 84.9 Å². The number of anilines is 1. The lowest BCUT2D eigenvalue weighted by Crippen LogP contribution is -2.40. The first-order valence-electron chi connectivity index (χ1n) is 11.9. The molecule has 204 valence electrons. The highest BCUT2D eigenvalue weighted by molar-refractivity contribution is 7.87. The van der Waals surface area contributed by atoms with Gasteiger partial charge in [-0.15, -0.1) is 0 Å². The lowest BCUT2D eigenvalue weighted by Gasteiger charge is -2.29. The third-order valence-electron chi connectivity index (χ3n) is 5.73. The monoisotopic (exact) mass is 550 g/mol. The zero-order valence-electron chi connectivity index (χ0n) is 21.2. The van der Waals surface area contributed by atoms with Crippen molar-refractivity contribution in [2.75, 3.05) is 11.9 Å². The van der Waals surface area contributed by atoms with Gasteiger partial charge in [0.05, 0.1) is 12.2 Å². The smallest absolute Gasteiger partial charge is 0.416 e. The standard InChI is InChI=1S/C27H29F3N2O5S/c1-4-19(3)32(26(33)31-22-11-15-23(16-12-22)36-5-2)18-20-9-13-24(14-10-20)37-38(34,35)25-8-6-7-21(17-25)27(28,29)30/h6-17,19H,4-5,18H2,1-3H3,(H,31,33). The van der Waals surface area contributed by atoms with E-state index < -0.39 is 26.8 Å². The molecule has 0 saturated heterocycles. The molecule has 38 heavy (non-hydrogen) atoms. The molecule has 0 spiro atoms. The number of carbonyl (C=O) groups excluding carboxylic acids is 1. The Kier molecular flexibility index (Phi) is 9.26. The Bertz CT molecular complexity index is 1330. The zero-order chi connectivity index (χ0) is 27.9. The molecule has 0 bridgehead atoms. The van der Waals surface area contributed by atoms with E-state index in [0.717, 1.165) is 18.2 Å². The van der Waals surface area contributed by atoms with Gasteiger partial charge in [-0.05, 0) is 80.4 Å². The maximum atomic E-state index is 13.0. The summed E-state index contributed by atoms with van der Waals surface area (Å²) in [7, 11) is -4.49. The van der Waals surface area contributed by atoms with Crippen molar-refractivity contribution in [3.8, 4) is 11.5 Å². The van der Waals surface area contributed by atoms with E-state index in [9.17, 15) is 26.4 Å². The van der Waals surface area contributed by atoms with E-state index in [1.165, 1.54) is 12.1 Å². The van der Waals surface area contributed by atoms with Crippen LogP contribution in [0.4, 0.5) is 23.7 Å². The molecule has 1 atom stereocenters. The number of hydrogen-bond donors (Lipinski definition) is 1. The predicted molar refractivity (Wildman–Crippen MR) is 138 cm³/mol. The molecule has 0 radical (unpaired) electrons. The van der Waals surface area contributed by atoms with Crippen LogP contribution >= 0.6 is 0 Å². The number of alkyl halides is 3. The van der Waals surface area contributed by atoms with E-state index in [-0.39, 0.29) is 24.4 Å². The fourth-order valence-electron chi connectivity index (χ4n) is 3.49. The summed E-state index contributed by atoms with van der Waals surface area (Å²) in [6, 6.07) is 15.9. The molecule has 3 aromatic carbocycles. The molecule has 7 nitrogen and oxygen atoms in total. The van der Waals surface area contributed by atoms with Crippen LogP contribution in [0.25, 0.3) is 0 Å². The van der Waals surface area contributed by atoms with E-state index in [4.69, 9.17) is 8.92 Å². The number of ether oxygens (including phenoxy) is 1. The first-order chi connectivity index (χ1) is 17.9. The van der Waals surface area contributed by atoms with Crippen LogP contribution < -0.4 is 14.2 Å². The van der Waals surface area contributed by atoms with Crippen LogP contribution in [0.15, 0.2) is 77.7 Å². The molecule has 1 unspecified atom stereocenters. The quantitative estimate of drug-likeness (QED) is 0.284. The number of urea groups is 1. The Hall–Kier alpha value is -3.73. The molecule has 0 aliphatic rings. The number of nitrogens with zero attached hydrogens (tertiary/aromatic N) is 1. The van der Waals surface area contributed by atoms with E-state index in [1.54, 1.807) is 41.3 Å². The summed E-state index contributed by atoms with van der Waals surface area (Å²) in [5.41, 5.74) is 0.220. The minimum absolute atomic E-state index is 0.0694. The molecule has 0 saturated carbocycles. The van der Waals surface area contributed by atoms with Gasteiger partial charge in [-0.25, -0.2) is 4.79 Å². The first-order valence-corrected chi connectivity index (χ1v) is 13.3. The third kappa shape index (κ3) is 7.64. The molecule has 11 heteroatoms. The van der Waals surface area contributed by atoms with Crippen molar-refractivity contribution in [1.82, 2.24) is 4.90 Å². The Morgan fingerprint density at radius 3 is 2.18 bits per heavy atom. The molecule has 0 heterocycles. The number of benzene rings is 3. The number of amides is 2. The number of rotatable bonds is 10. The van der Waals surface area contributed by atoms with Crippen molar-refractivity contribution < 1.29 is 35.3 Å². The Morgan fingerprint density at radius 2 is 1.61 bits per heavy atom. The van der Waals surface area contributed by atoms with Gasteiger partial charge in [-0.1, -0.05) is 25.1 Å². The zero-order valence-corrected chi connectivity index (χ0v) is 22.0. The second-order valence-electron chi connectivity index (χ2n) is 8.48. The molecule has 3 rings (SSSR count). The number of carbonyl (C=O) groups is 1. The molecular formula is C27H29F3N2O5S. The van der Waals surface area contributed by atoms with Gasteiger partial charge < -0.3 is 19.1 Å². The minimum Gasteiger partial charge on any atom is -0.494 e. The number of halogens is 3. The molecule has 0 fully saturated rings. The number of nitrogens with one attached hydrogen (secondary N) is 1. The van der Waals surface area contributed by atoms with Crippen molar-refractivity contribution in [3.63, 3.8) is 0 Å². The average Bonchev–Trinajstić information content (AvgIpc) is 2.88. The molecule has 0 aliphatic heterocycles. The van der Waals surface area contributed by atoms with E-state index in [1.807, 2.05) is 20.8 Å². The highest BCUT2D eigenvalue weighted by atomic mass is 32.2. The summed E-state index contributed by atoms with van der Waals surface area (Å²) >= 11 is 0. The molecule has 1 N–H and O–H groups in total. The van der Waals surface area contributed by atoms with Crippen LogP contribution in [-0.2, 0) is 22.8 Å². The highest BCUT2D eigenvalue weighted by Crippen LogP contribution is 2.31. The van der Waals surface area contributed by atoms with Crippen LogP contribution in [0.3, 0.4) is 0 Å². The van der Waals surface area contributed by atoms with Gasteiger partial charge in [-0.2, -0.15) is 21.6 Å². The van der Waals surface area contributed by atoms with Crippen LogP contribution in [-0.4, -0.2) is 32.0 Å². The van der Waals surface area contributed by atoms with Gasteiger partial charge in [-0.3, -0.25) is 0 Å². The van der Waals surface area contributed by atoms with Crippen molar-refractivity contribution in [2.45, 2.75) is 50.9 Å². The summed E-state index contributed by atoms with van der Waals surface area (Å²) in [6.07, 6.45) is -3.99. The third-order valence-corrected chi connectivity index (χ3v) is 6.98. The van der Waals surface area contributed by atoms with Crippen molar-refractivity contribution in [1.29, 1.82) is 0 Å². The summed E-state index contributed by atoms with van der Waals surface area (Å²) < 4.78 is 74.4. The lowest BCUT2D eigenvalue weighted by atomic mass is 10.1. The molecular weight excluding hydrogens is 521 g/mol. The normalized spacial score (nSPS) is 12.5. The fraction of sp³-hybridized carbons (Fsp3) is 0.296. The summed E-state index contributed by atoms with van der Waals surface area (Å²) in [4.78, 5) is 14.1. The Labute approximate surface area is 220 Å². The lowest BCUT2D eigenvalue weighted by molar-refractivity contribution is -0.137. The fourth-order valence-corrected chi connectivity index (χ4v) is 4.47. The highest BCUT2D eigenvalue weighted by Gasteiger charge is 2.32. The summed E-state index contributed by atoms with van der Waals surface area (Å²) in [5, 5.41) is 2.87. The first kappa shape index (κ1) is 28.8. The summed E-state index contributed by atoms with van der Waals surface area (Å²) in [5.74, 6) is 0.627. The Morgan fingerprint density at radius 1 is 0.974 bits per heavy atom. The van der Waals surface area contributed by atoms with Crippen molar-refractivity contribution >= 4 is 21.8 Å². The van der Waals surface area contributed by atoms with Crippen LogP contribution in [0.1, 0.15) is 38.3 Å². The van der Waals surface area contributed by atoms with Gasteiger partial charge in [0.1, 0.15) is 16.4 Å². The van der Waals surface area contributed by atoms with Crippen LogP contribution in [0, 0.1) is 0 Å². The van der Waals surface area contributed by atoms with Crippen LogP contribution in [0.2, 0.25) is 0 Å². The molecule has 3 aromatic rings. The van der Waals surface area contributed by atoms with Crippen molar-refractivity contribution in [3.05, 3.63) is 83.9 Å².